The molecule has 2 heterocycles. The molecule has 0 aliphatic rings. The van der Waals surface area contributed by atoms with Crippen molar-refractivity contribution in [3.05, 3.63) is 52.3 Å². The second-order valence-corrected chi connectivity index (χ2v) is 6.87. The molecule has 3 aromatic rings. The zero-order chi connectivity index (χ0) is 19.1. The molecule has 0 fully saturated rings. The molecule has 26 heavy (non-hydrogen) atoms. The van der Waals surface area contributed by atoms with Gasteiger partial charge >= 0.3 is 6.18 Å². The minimum absolute atomic E-state index is 0.0110. The Balaban J connectivity index is 2.24. The molecule has 0 radical (unpaired) electrons. The van der Waals surface area contributed by atoms with Crippen LogP contribution in [0.15, 0.2) is 41.0 Å². The maximum atomic E-state index is 13.5. The van der Waals surface area contributed by atoms with Crippen LogP contribution in [0.5, 0.6) is 0 Å². The fourth-order valence-corrected chi connectivity index (χ4v) is 2.70. The van der Waals surface area contributed by atoms with Crippen molar-refractivity contribution in [3.63, 3.8) is 0 Å². The van der Waals surface area contributed by atoms with Crippen LogP contribution in [0.1, 0.15) is 29.9 Å². The van der Waals surface area contributed by atoms with Crippen molar-refractivity contribution in [1.82, 2.24) is 19.9 Å². The van der Waals surface area contributed by atoms with Crippen LogP contribution >= 0.6 is 15.9 Å². The Morgan fingerprint density at radius 3 is 2.46 bits per heavy atom. The lowest BCUT2D eigenvalue weighted by molar-refractivity contribution is -0.142. The molecule has 0 atom stereocenters. The van der Waals surface area contributed by atoms with E-state index in [0.29, 0.717) is 10.1 Å². The summed E-state index contributed by atoms with van der Waals surface area (Å²) < 4.78 is 41.9. The highest BCUT2D eigenvalue weighted by Crippen LogP contribution is 2.33. The highest BCUT2D eigenvalue weighted by molar-refractivity contribution is 9.10. The number of carbonyl (C=O) groups is 1. The lowest BCUT2D eigenvalue weighted by atomic mass is 10.1. The predicted octanol–water partition coefficient (Wildman–Crippen LogP) is 4.32. The van der Waals surface area contributed by atoms with Crippen molar-refractivity contribution in [2.45, 2.75) is 26.1 Å². The van der Waals surface area contributed by atoms with Crippen LogP contribution in [0.3, 0.4) is 0 Å². The number of aromatic nitrogens is 3. The molecule has 1 N–H and O–H groups in total. The number of carbonyl (C=O) groups excluding carboxylic acids is 1. The third-order valence-electron chi connectivity index (χ3n) is 3.57. The Hall–Kier alpha value is -2.42. The third-order valence-corrected chi connectivity index (χ3v) is 4.10. The van der Waals surface area contributed by atoms with Gasteiger partial charge in [-0.05, 0) is 32.0 Å². The molecule has 136 valence electrons. The molecule has 0 unspecified atom stereocenters. The van der Waals surface area contributed by atoms with Gasteiger partial charge in [-0.25, -0.2) is 9.50 Å². The van der Waals surface area contributed by atoms with Crippen LogP contribution in [0.25, 0.3) is 16.9 Å². The van der Waals surface area contributed by atoms with E-state index in [2.05, 4.69) is 31.3 Å². The summed E-state index contributed by atoms with van der Waals surface area (Å²) in [5.41, 5.74) is -0.544. The SMILES string of the molecule is CC(C)NC(=O)c1cnn2c(C(F)(F)F)cc(-c3ccc(Br)cc3)nc12. The van der Waals surface area contributed by atoms with Gasteiger partial charge in [0.15, 0.2) is 11.3 Å². The number of fused-ring (bicyclic) bond motifs is 1. The van der Waals surface area contributed by atoms with E-state index in [4.69, 9.17) is 0 Å². The van der Waals surface area contributed by atoms with Crippen LogP contribution in [0.4, 0.5) is 13.2 Å². The first kappa shape index (κ1) is 18.4. The second kappa shape index (κ2) is 6.71. The Bertz CT molecular complexity index is 965. The van der Waals surface area contributed by atoms with Crippen molar-refractivity contribution in [2.75, 3.05) is 0 Å². The van der Waals surface area contributed by atoms with E-state index in [1.165, 1.54) is 0 Å². The summed E-state index contributed by atoms with van der Waals surface area (Å²) in [5.74, 6) is -0.524. The topological polar surface area (TPSA) is 59.3 Å². The van der Waals surface area contributed by atoms with Crippen LogP contribution in [0.2, 0.25) is 0 Å². The van der Waals surface area contributed by atoms with Gasteiger partial charge in [-0.2, -0.15) is 18.3 Å². The Morgan fingerprint density at radius 1 is 1.23 bits per heavy atom. The van der Waals surface area contributed by atoms with Gasteiger partial charge in [0.05, 0.1) is 11.9 Å². The molecule has 0 saturated carbocycles. The highest BCUT2D eigenvalue weighted by atomic mass is 79.9. The predicted molar refractivity (Wildman–Crippen MR) is 93.7 cm³/mol. The van der Waals surface area contributed by atoms with Gasteiger partial charge in [0.2, 0.25) is 0 Å². The zero-order valence-electron chi connectivity index (χ0n) is 13.8. The van der Waals surface area contributed by atoms with E-state index >= 15 is 0 Å². The first-order valence-corrected chi connectivity index (χ1v) is 8.49. The van der Waals surface area contributed by atoms with Gasteiger partial charge < -0.3 is 5.32 Å². The third kappa shape index (κ3) is 3.57. The van der Waals surface area contributed by atoms with E-state index < -0.39 is 17.8 Å². The molecule has 0 aliphatic heterocycles. The molecule has 3 rings (SSSR count). The normalized spacial score (nSPS) is 12.0. The first-order valence-electron chi connectivity index (χ1n) is 7.69. The van der Waals surface area contributed by atoms with E-state index in [-0.39, 0.29) is 22.9 Å². The molecule has 0 aliphatic carbocycles. The van der Waals surface area contributed by atoms with Crippen molar-refractivity contribution < 1.29 is 18.0 Å². The summed E-state index contributed by atoms with van der Waals surface area (Å²) in [7, 11) is 0. The number of halogens is 4. The fraction of sp³-hybridized carbons (Fsp3) is 0.235. The minimum atomic E-state index is -4.65. The minimum Gasteiger partial charge on any atom is -0.350 e. The number of amides is 1. The van der Waals surface area contributed by atoms with Gasteiger partial charge in [0, 0.05) is 16.1 Å². The van der Waals surface area contributed by atoms with Crippen molar-refractivity contribution in [2.24, 2.45) is 0 Å². The van der Waals surface area contributed by atoms with Crippen LogP contribution in [0, 0.1) is 0 Å². The highest BCUT2D eigenvalue weighted by Gasteiger charge is 2.36. The quantitative estimate of drug-likeness (QED) is 0.678. The summed E-state index contributed by atoms with van der Waals surface area (Å²) in [6.07, 6.45) is -3.55. The van der Waals surface area contributed by atoms with Gasteiger partial charge in [-0.1, -0.05) is 28.1 Å². The Labute approximate surface area is 155 Å². The molecular weight excluding hydrogens is 413 g/mol. The van der Waals surface area contributed by atoms with Crippen LogP contribution < -0.4 is 5.32 Å². The van der Waals surface area contributed by atoms with E-state index in [1.807, 2.05) is 0 Å². The Morgan fingerprint density at radius 2 is 1.88 bits per heavy atom. The molecule has 5 nitrogen and oxygen atoms in total. The number of rotatable bonds is 3. The van der Waals surface area contributed by atoms with Crippen molar-refractivity contribution >= 4 is 27.5 Å². The van der Waals surface area contributed by atoms with E-state index in [9.17, 15) is 18.0 Å². The van der Waals surface area contributed by atoms with Crippen molar-refractivity contribution in [3.8, 4) is 11.3 Å². The molecule has 0 bridgehead atoms. The van der Waals surface area contributed by atoms with Gasteiger partial charge in [0.1, 0.15) is 5.56 Å². The zero-order valence-corrected chi connectivity index (χ0v) is 15.4. The van der Waals surface area contributed by atoms with Gasteiger partial charge in [0.25, 0.3) is 5.91 Å². The Kier molecular flexibility index (Phi) is 4.74. The van der Waals surface area contributed by atoms with Crippen LogP contribution in [-0.2, 0) is 6.18 Å². The van der Waals surface area contributed by atoms with Crippen LogP contribution in [-0.4, -0.2) is 26.5 Å². The van der Waals surface area contributed by atoms with E-state index in [0.717, 1.165) is 16.7 Å². The molecule has 9 heteroatoms. The summed E-state index contributed by atoms with van der Waals surface area (Å²) in [4.78, 5) is 16.6. The summed E-state index contributed by atoms with van der Waals surface area (Å²) in [5, 5.41) is 6.37. The molecule has 0 saturated heterocycles. The number of hydrogen-bond acceptors (Lipinski definition) is 3. The molecule has 0 spiro atoms. The van der Waals surface area contributed by atoms with E-state index in [1.54, 1.807) is 38.1 Å². The molecule has 2 aromatic heterocycles. The van der Waals surface area contributed by atoms with Gasteiger partial charge in [-0.3, -0.25) is 4.79 Å². The summed E-state index contributed by atoms with van der Waals surface area (Å²) in [6.45, 7) is 3.51. The number of benzene rings is 1. The largest absolute Gasteiger partial charge is 0.433 e. The molecule has 1 amide bonds. The maximum Gasteiger partial charge on any atom is 0.433 e. The number of hydrogen-bond donors (Lipinski definition) is 1. The summed E-state index contributed by atoms with van der Waals surface area (Å²) in [6, 6.07) is 7.46. The lowest BCUT2D eigenvalue weighted by Gasteiger charge is -2.12. The standard InChI is InChI=1S/C17H14BrF3N4O/c1-9(2)23-16(26)12-8-22-25-14(17(19,20)21)7-13(24-15(12)25)10-3-5-11(18)6-4-10/h3-9H,1-2H3,(H,23,26). The second-order valence-electron chi connectivity index (χ2n) is 5.95. The van der Waals surface area contributed by atoms with Gasteiger partial charge in [-0.15, -0.1) is 0 Å². The number of nitrogens with zero attached hydrogens (tertiary/aromatic N) is 3. The summed E-state index contributed by atoms with van der Waals surface area (Å²) >= 11 is 3.28. The number of alkyl halides is 3. The smallest absolute Gasteiger partial charge is 0.350 e. The molecule has 1 aromatic carbocycles. The first-order chi connectivity index (χ1) is 12.2. The van der Waals surface area contributed by atoms with Crippen molar-refractivity contribution in [1.29, 1.82) is 0 Å². The molecular formula is C17H14BrF3N4O. The monoisotopic (exact) mass is 426 g/mol. The fourth-order valence-electron chi connectivity index (χ4n) is 2.43. The number of nitrogens with one attached hydrogen (secondary N) is 1. The lowest BCUT2D eigenvalue weighted by Crippen LogP contribution is -2.30. The average molecular weight is 427 g/mol. The average Bonchev–Trinajstić information content (AvgIpc) is 2.97. The maximum absolute atomic E-state index is 13.5.